The molecule has 0 spiro atoms. The summed E-state index contributed by atoms with van der Waals surface area (Å²) in [5, 5.41) is 3.52. The molecule has 0 radical (unpaired) electrons. The van der Waals surface area contributed by atoms with Crippen LogP contribution in [0.1, 0.15) is 47.0 Å². The first-order chi connectivity index (χ1) is 5.30. The molecule has 0 bridgehead atoms. The summed E-state index contributed by atoms with van der Waals surface area (Å²) in [4.78, 5) is 0. The minimum absolute atomic E-state index is 0.804. The summed E-state index contributed by atoms with van der Waals surface area (Å²) in [5.41, 5.74) is 0. The van der Waals surface area contributed by atoms with Crippen molar-refractivity contribution in [2.45, 2.75) is 53.0 Å². The second-order valence-corrected chi connectivity index (χ2v) is 3.30. The highest BCUT2D eigenvalue weighted by Crippen LogP contribution is 2.13. The minimum Gasteiger partial charge on any atom is -0.314 e. The Balaban J connectivity index is 0.000000461. The Kier molecular flexibility index (Phi) is 6.63. The van der Waals surface area contributed by atoms with Crippen molar-refractivity contribution in [1.29, 1.82) is 0 Å². The molecule has 0 aliphatic carbocycles. The Hall–Kier alpha value is -0.0400. The van der Waals surface area contributed by atoms with Crippen LogP contribution in [0.5, 0.6) is 0 Å². The first-order valence-electron chi connectivity index (χ1n) is 5.04. The molecule has 1 aliphatic heterocycles. The largest absolute Gasteiger partial charge is 0.314 e. The van der Waals surface area contributed by atoms with Gasteiger partial charge in [0, 0.05) is 6.04 Å². The van der Waals surface area contributed by atoms with Crippen LogP contribution in [0.15, 0.2) is 0 Å². The van der Waals surface area contributed by atoms with Gasteiger partial charge in [-0.15, -0.1) is 0 Å². The number of hydrogen-bond donors (Lipinski definition) is 1. The van der Waals surface area contributed by atoms with Crippen LogP contribution in [-0.4, -0.2) is 12.6 Å². The lowest BCUT2D eigenvalue weighted by Gasteiger charge is -2.26. The molecule has 1 aliphatic rings. The van der Waals surface area contributed by atoms with Gasteiger partial charge in [0.25, 0.3) is 0 Å². The Morgan fingerprint density at radius 2 is 1.82 bits per heavy atom. The van der Waals surface area contributed by atoms with Crippen molar-refractivity contribution in [2.24, 2.45) is 5.92 Å². The van der Waals surface area contributed by atoms with Gasteiger partial charge in [-0.25, -0.2) is 0 Å². The number of rotatable bonds is 1. The molecule has 0 unspecified atom stereocenters. The van der Waals surface area contributed by atoms with Crippen molar-refractivity contribution in [2.75, 3.05) is 6.54 Å². The lowest BCUT2D eigenvalue weighted by molar-refractivity contribution is 0.326. The van der Waals surface area contributed by atoms with E-state index in [1.807, 2.05) is 13.8 Å². The predicted molar refractivity (Wildman–Crippen MR) is 51.8 cm³/mol. The third-order valence-corrected chi connectivity index (χ3v) is 2.15. The van der Waals surface area contributed by atoms with E-state index in [9.17, 15) is 0 Å². The predicted octanol–water partition coefficient (Wildman–Crippen LogP) is 2.81. The number of nitrogens with one attached hydrogen (secondary N) is 1. The van der Waals surface area contributed by atoms with Crippen LogP contribution in [0.2, 0.25) is 0 Å². The quantitative estimate of drug-likeness (QED) is 0.617. The Morgan fingerprint density at radius 3 is 2.09 bits per heavy atom. The average Bonchev–Trinajstić information content (AvgIpc) is 2.10. The van der Waals surface area contributed by atoms with Crippen molar-refractivity contribution >= 4 is 0 Å². The second kappa shape index (κ2) is 6.66. The molecule has 1 nitrogen and oxygen atoms in total. The summed E-state index contributed by atoms with van der Waals surface area (Å²) in [6, 6.07) is 0.804. The fraction of sp³-hybridized carbons (Fsp3) is 1.00. The average molecular weight is 157 g/mol. The van der Waals surface area contributed by atoms with E-state index in [4.69, 9.17) is 0 Å². The first-order valence-corrected chi connectivity index (χ1v) is 5.04. The van der Waals surface area contributed by atoms with Crippen molar-refractivity contribution < 1.29 is 0 Å². The van der Waals surface area contributed by atoms with Crippen LogP contribution in [-0.2, 0) is 0 Å². The van der Waals surface area contributed by atoms with Crippen molar-refractivity contribution in [3.63, 3.8) is 0 Å². The summed E-state index contributed by atoms with van der Waals surface area (Å²) in [7, 11) is 0. The molecule has 0 aromatic carbocycles. The van der Waals surface area contributed by atoms with Gasteiger partial charge in [-0.2, -0.15) is 0 Å². The van der Waals surface area contributed by atoms with E-state index < -0.39 is 0 Å². The highest BCUT2D eigenvalue weighted by atomic mass is 14.9. The lowest BCUT2D eigenvalue weighted by Crippen LogP contribution is -2.37. The van der Waals surface area contributed by atoms with E-state index >= 15 is 0 Å². The Bertz CT molecular complexity index is 72.9. The Labute approximate surface area is 71.6 Å². The number of piperidine rings is 1. The molecule has 1 heteroatoms. The first kappa shape index (κ1) is 11.0. The minimum atomic E-state index is 0.804. The smallest absolute Gasteiger partial charge is 0.00900 e. The molecule has 1 saturated heterocycles. The van der Waals surface area contributed by atoms with Crippen molar-refractivity contribution in [1.82, 2.24) is 5.32 Å². The fourth-order valence-electron chi connectivity index (χ4n) is 1.45. The maximum absolute atomic E-state index is 3.52. The van der Waals surface area contributed by atoms with E-state index in [-0.39, 0.29) is 0 Å². The van der Waals surface area contributed by atoms with E-state index in [0.29, 0.717) is 0 Å². The molecule has 68 valence electrons. The standard InChI is InChI=1S/C8H17N.C2H6/c1-7(2)8-5-3-4-6-9-8;1-2/h7-9H,3-6H2,1-2H3;1-2H3/t8-;/m1./s1. The summed E-state index contributed by atoms with van der Waals surface area (Å²) in [6.07, 6.45) is 4.19. The molecule has 1 fully saturated rings. The second-order valence-electron chi connectivity index (χ2n) is 3.30. The van der Waals surface area contributed by atoms with Gasteiger partial charge in [0.2, 0.25) is 0 Å². The van der Waals surface area contributed by atoms with Crippen LogP contribution >= 0.6 is 0 Å². The molecule has 0 saturated carbocycles. The molecule has 1 heterocycles. The third kappa shape index (κ3) is 4.41. The van der Waals surface area contributed by atoms with Crippen LogP contribution in [0, 0.1) is 5.92 Å². The van der Waals surface area contributed by atoms with E-state index in [0.717, 1.165) is 12.0 Å². The highest BCUT2D eigenvalue weighted by molar-refractivity contribution is 4.74. The fourth-order valence-corrected chi connectivity index (χ4v) is 1.45. The molecular weight excluding hydrogens is 134 g/mol. The zero-order valence-electron chi connectivity index (χ0n) is 8.48. The molecule has 1 rings (SSSR count). The molecule has 1 atom stereocenters. The van der Waals surface area contributed by atoms with Crippen LogP contribution < -0.4 is 5.32 Å². The van der Waals surface area contributed by atoms with Gasteiger partial charge in [-0.1, -0.05) is 34.1 Å². The van der Waals surface area contributed by atoms with Gasteiger partial charge in [0.05, 0.1) is 0 Å². The summed E-state index contributed by atoms with van der Waals surface area (Å²) < 4.78 is 0. The van der Waals surface area contributed by atoms with Gasteiger partial charge < -0.3 is 5.32 Å². The van der Waals surface area contributed by atoms with Crippen molar-refractivity contribution in [3.05, 3.63) is 0 Å². The van der Waals surface area contributed by atoms with Crippen LogP contribution in [0.4, 0.5) is 0 Å². The van der Waals surface area contributed by atoms with Gasteiger partial charge >= 0.3 is 0 Å². The summed E-state index contributed by atoms with van der Waals surface area (Å²) >= 11 is 0. The van der Waals surface area contributed by atoms with E-state index in [2.05, 4.69) is 19.2 Å². The highest BCUT2D eigenvalue weighted by Gasteiger charge is 2.14. The van der Waals surface area contributed by atoms with Crippen LogP contribution in [0.3, 0.4) is 0 Å². The van der Waals surface area contributed by atoms with Gasteiger partial charge in [0.1, 0.15) is 0 Å². The SMILES string of the molecule is CC.CC(C)[C@H]1CCCCN1. The normalized spacial score (nSPS) is 24.3. The molecular formula is C10H23N. The number of hydrogen-bond acceptors (Lipinski definition) is 1. The van der Waals surface area contributed by atoms with Gasteiger partial charge in [-0.3, -0.25) is 0 Å². The van der Waals surface area contributed by atoms with E-state index in [1.54, 1.807) is 0 Å². The molecule has 11 heavy (non-hydrogen) atoms. The summed E-state index contributed by atoms with van der Waals surface area (Å²) in [5.74, 6) is 0.824. The summed E-state index contributed by atoms with van der Waals surface area (Å²) in [6.45, 7) is 9.83. The molecule has 0 aromatic rings. The monoisotopic (exact) mass is 157 g/mol. The Morgan fingerprint density at radius 1 is 1.18 bits per heavy atom. The molecule has 0 aromatic heterocycles. The van der Waals surface area contributed by atoms with Gasteiger partial charge in [-0.05, 0) is 25.3 Å². The topological polar surface area (TPSA) is 12.0 Å². The van der Waals surface area contributed by atoms with E-state index in [1.165, 1.54) is 25.8 Å². The van der Waals surface area contributed by atoms with Crippen molar-refractivity contribution in [3.8, 4) is 0 Å². The van der Waals surface area contributed by atoms with Crippen LogP contribution in [0.25, 0.3) is 0 Å². The molecule has 0 amide bonds. The maximum atomic E-state index is 3.52. The van der Waals surface area contributed by atoms with Gasteiger partial charge in [0.15, 0.2) is 0 Å². The molecule has 1 N–H and O–H groups in total. The zero-order chi connectivity index (χ0) is 8.69. The third-order valence-electron chi connectivity index (χ3n) is 2.15. The lowest BCUT2D eigenvalue weighted by atomic mass is 9.95. The maximum Gasteiger partial charge on any atom is 0.00900 e. The zero-order valence-corrected chi connectivity index (χ0v) is 8.48.